The normalized spacial score (nSPS) is 22.0. The molecule has 1 aliphatic heterocycles. The fourth-order valence-corrected chi connectivity index (χ4v) is 2.60. The Hall–Kier alpha value is -1.02. The lowest BCUT2D eigenvalue weighted by atomic mass is 10.1. The zero-order chi connectivity index (χ0) is 12.1. The van der Waals surface area contributed by atoms with Crippen molar-refractivity contribution in [1.29, 1.82) is 0 Å². The van der Waals surface area contributed by atoms with Gasteiger partial charge in [-0.05, 0) is 44.4 Å². The summed E-state index contributed by atoms with van der Waals surface area (Å²) in [5, 5.41) is 3.58. The average molecular weight is 232 g/mol. The van der Waals surface area contributed by atoms with Crippen LogP contribution >= 0.6 is 0 Å². The zero-order valence-electron chi connectivity index (χ0n) is 11.1. The molecule has 1 heterocycles. The summed E-state index contributed by atoms with van der Waals surface area (Å²) < 4.78 is 0. The van der Waals surface area contributed by atoms with E-state index in [2.05, 4.69) is 48.3 Å². The maximum atomic E-state index is 3.58. The van der Waals surface area contributed by atoms with Crippen LogP contribution in [0.3, 0.4) is 0 Å². The van der Waals surface area contributed by atoms with Gasteiger partial charge in [-0.1, -0.05) is 25.1 Å². The summed E-state index contributed by atoms with van der Waals surface area (Å²) in [4.78, 5) is 2.55. The third-order valence-electron chi connectivity index (χ3n) is 3.56. The first-order valence-electron chi connectivity index (χ1n) is 6.87. The van der Waals surface area contributed by atoms with Gasteiger partial charge in [0, 0.05) is 24.8 Å². The Labute approximate surface area is 105 Å². The van der Waals surface area contributed by atoms with E-state index < -0.39 is 0 Å². The molecule has 0 aromatic heterocycles. The summed E-state index contributed by atoms with van der Waals surface area (Å²) in [6.07, 6.45) is 3.70. The molecule has 0 bridgehead atoms. The van der Waals surface area contributed by atoms with Gasteiger partial charge in [-0.25, -0.2) is 0 Å². The van der Waals surface area contributed by atoms with Gasteiger partial charge in [0.05, 0.1) is 0 Å². The maximum Gasteiger partial charge on any atom is 0.0399 e. The van der Waals surface area contributed by atoms with E-state index in [0.717, 1.165) is 13.0 Å². The van der Waals surface area contributed by atoms with Gasteiger partial charge in [-0.15, -0.1) is 0 Å². The molecular weight excluding hydrogens is 208 g/mol. The van der Waals surface area contributed by atoms with Crippen LogP contribution < -0.4 is 10.2 Å². The van der Waals surface area contributed by atoms with E-state index in [0.29, 0.717) is 6.04 Å². The van der Waals surface area contributed by atoms with Gasteiger partial charge < -0.3 is 10.2 Å². The van der Waals surface area contributed by atoms with Gasteiger partial charge in [0.2, 0.25) is 0 Å². The summed E-state index contributed by atoms with van der Waals surface area (Å²) in [6.45, 7) is 8.02. The first-order valence-corrected chi connectivity index (χ1v) is 6.87. The lowest BCUT2D eigenvalue weighted by Crippen LogP contribution is -2.42. The summed E-state index contributed by atoms with van der Waals surface area (Å²) in [6, 6.07) is 9.42. The van der Waals surface area contributed by atoms with Crippen molar-refractivity contribution in [3.05, 3.63) is 29.8 Å². The van der Waals surface area contributed by atoms with E-state index in [1.54, 1.807) is 0 Å². The van der Waals surface area contributed by atoms with Crippen molar-refractivity contribution in [3.8, 4) is 0 Å². The summed E-state index contributed by atoms with van der Waals surface area (Å²) in [7, 11) is 0. The van der Waals surface area contributed by atoms with Gasteiger partial charge >= 0.3 is 0 Å². The molecule has 1 aromatic rings. The first kappa shape index (κ1) is 12.4. The number of aryl methyl sites for hydroxylation is 1. The quantitative estimate of drug-likeness (QED) is 0.843. The Bertz CT molecular complexity index is 349. The first-order chi connectivity index (χ1) is 8.31. The lowest BCUT2D eigenvalue weighted by Gasteiger charge is -2.32. The Balaban J connectivity index is 2.17. The number of para-hydroxylation sites is 1. The highest BCUT2D eigenvalue weighted by atomic mass is 15.2. The maximum absolute atomic E-state index is 3.58. The van der Waals surface area contributed by atoms with E-state index in [1.807, 2.05) is 0 Å². The fraction of sp³-hybridized carbons (Fsp3) is 0.600. The highest BCUT2D eigenvalue weighted by Gasteiger charge is 2.15. The SMILES string of the molecule is CCc1ccccc1N1CCCCNC(C)C1. The van der Waals surface area contributed by atoms with Gasteiger partial charge in [0.1, 0.15) is 0 Å². The monoisotopic (exact) mass is 232 g/mol. The summed E-state index contributed by atoms with van der Waals surface area (Å²) >= 11 is 0. The Morgan fingerprint density at radius 1 is 1.29 bits per heavy atom. The number of rotatable bonds is 2. The second kappa shape index (κ2) is 6.06. The standard InChI is InChI=1S/C15H24N2/c1-3-14-8-4-5-9-15(14)17-11-7-6-10-16-13(2)12-17/h4-5,8-9,13,16H,3,6-7,10-12H2,1-2H3. The van der Waals surface area contributed by atoms with E-state index >= 15 is 0 Å². The highest BCUT2D eigenvalue weighted by Crippen LogP contribution is 2.22. The van der Waals surface area contributed by atoms with Crippen molar-refractivity contribution >= 4 is 5.69 Å². The van der Waals surface area contributed by atoms with Crippen LogP contribution in [0.5, 0.6) is 0 Å². The van der Waals surface area contributed by atoms with Crippen LogP contribution in [-0.2, 0) is 6.42 Å². The predicted octanol–water partition coefficient (Wildman–Crippen LogP) is 2.83. The number of hydrogen-bond acceptors (Lipinski definition) is 2. The molecule has 1 atom stereocenters. The van der Waals surface area contributed by atoms with Crippen molar-refractivity contribution in [2.24, 2.45) is 0 Å². The lowest BCUT2D eigenvalue weighted by molar-refractivity contribution is 0.484. The molecule has 0 spiro atoms. The minimum Gasteiger partial charge on any atom is -0.370 e. The molecule has 1 N–H and O–H groups in total. The molecule has 2 rings (SSSR count). The van der Waals surface area contributed by atoms with Crippen molar-refractivity contribution in [1.82, 2.24) is 5.32 Å². The number of anilines is 1. The smallest absolute Gasteiger partial charge is 0.0399 e. The van der Waals surface area contributed by atoms with Crippen LogP contribution in [-0.4, -0.2) is 25.7 Å². The fourth-order valence-electron chi connectivity index (χ4n) is 2.60. The molecule has 1 aliphatic rings. The van der Waals surface area contributed by atoms with Crippen molar-refractivity contribution < 1.29 is 0 Å². The molecule has 1 fully saturated rings. The van der Waals surface area contributed by atoms with Gasteiger partial charge in [-0.3, -0.25) is 0 Å². The molecule has 1 saturated heterocycles. The Morgan fingerprint density at radius 2 is 2.12 bits per heavy atom. The van der Waals surface area contributed by atoms with Crippen molar-refractivity contribution in [2.75, 3.05) is 24.5 Å². The van der Waals surface area contributed by atoms with Crippen LogP contribution in [0, 0.1) is 0 Å². The van der Waals surface area contributed by atoms with E-state index in [4.69, 9.17) is 0 Å². The van der Waals surface area contributed by atoms with Crippen molar-refractivity contribution in [2.45, 2.75) is 39.2 Å². The summed E-state index contributed by atoms with van der Waals surface area (Å²) in [5.41, 5.74) is 2.91. The van der Waals surface area contributed by atoms with Crippen LogP contribution in [0.1, 0.15) is 32.3 Å². The van der Waals surface area contributed by atoms with Crippen LogP contribution in [0.15, 0.2) is 24.3 Å². The van der Waals surface area contributed by atoms with E-state index in [1.165, 1.54) is 37.2 Å². The minimum absolute atomic E-state index is 0.584. The molecule has 0 aliphatic carbocycles. The highest BCUT2D eigenvalue weighted by molar-refractivity contribution is 5.53. The van der Waals surface area contributed by atoms with Gasteiger partial charge in [0.25, 0.3) is 0 Å². The van der Waals surface area contributed by atoms with Crippen molar-refractivity contribution in [3.63, 3.8) is 0 Å². The van der Waals surface area contributed by atoms with E-state index in [-0.39, 0.29) is 0 Å². The Morgan fingerprint density at radius 3 is 2.94 bits per heavy atom. The average Bonchev–Trinajstić information content (AvgIpc) is 2.33. The van der Waals surface area contributed by atoms with Crippen LogP contribution in [0.25, 0.3) is 0 Å². The second-order valence-electron chi connectivity index (χ2n) is 4.99. The molecule has 0 saturated carbocycles. The molecule has 2 heteroatoms. The number of nitrogens with zero attached hydrogens (tertiary/aromatic N) is 1. The number of hydrogen-bond donors (Lipinski definition) is 1. The van der Waals surface area contributed by atoms with Crippen LogP contribution in [0.4, 0.5) is 5.69 Å². The zero-order valence-corrected chi connectivity index (χ0v) is 11.1. The molecular formula is C15H24N2. The van der Waals surface area contributed by atoms with Gasteiger partial charge in [0.15, 0.2) is 0 Å². The third-order valence-corrected chi connectivity index (χ3v) is 3.56. The number of benzene rings is 1. The second-order valence-corrected chi connectivity index (χ2v) is 4.99. The predicted molar refractivity (Wildman–Crippen MR) is 74.7 cm³/mol. The minimum atomic E-state index is 0.584. The molecule has 0 radical (unpaired) electrons. The molecule has 2 nitrogen and oxygen atoms in total. The molecule has 1 aromatic carbocycles. The molecule has 17 heavy (non-hydrogen) atoms. The third kappa shape index (κ3) is 3.22. The van der Waals surface area contributed by atoms with E-state index in [9.17, 15) is 0 Å². The van der Waals surface area contributed by atoms with Gasteiger partial charge in [-0.2, -0.15) is 0 Å². The molecule has 0 amide bonds. The largest absolute Gasteiger partial charge is 0.370 e. The Kier molecular flexibility index (Phi) is 4.43. The van der Waals surface area contributed by atoms with Crippen LogP contribution in [0.2, 0.25) is 0 Å². The molecule has 1 unspecified atom stereocenters. The topological polar surface area (TPSA) is 15.3 Å². The number of nitrogens with one attached hydrogen (secondary N) is 1. The molecule has 94 valence electrons. The summed E-state index contributed by atoms with van der Waals surface area (Å²) in [5.74, 6) is 0.